The molecule has 2 N–H and O–H groups in total. The molecule has 0 radical (unpaired) electrons. The Labute approximate surface area is 150 Å². The van der Waals surface area contributed by atoms with Gasteiger partial charge in [-0.1, -0.05) is 36.4 Å². The second-order valence-electron chi connectivity index (χ2n) is 6.47. The van der Waals surface area contributed by atoms with Gasteiger partial charge in [0, 0.05) is 40.8 Å². The van der Waals surface area contributed by atoms with Gasteiger partial charge in [0.05, 0.1) is 17.8 Å². The molecule has 1 aliphatic heterocycles. The first-order valence-electron chi connectivity index (χ1n) is 8.57. The molecule has 1 amide bonds. The van der Waals surface area contributed by atoms with Crippen LogP contribution in [-0.2, 0) is 17.6 Å². The monoisotopic (exact) mass is 340 g/mol. The van der Waals surface area contributed by atoms with E-state index in [4.69, 9.17) is 4.98 Å². The fourth-order valence-electron chi connectivity index (χ4n) is 3.51. The van der Waals surface area contributed by atoms with Crippen molar-refractivity contribution in [2.75, 3.05) is 5.32 Å². The van der Waals surface area contributed by atoms with Crippen molar-refractivity contribution in [3.63, 3.8) is 0 Å². The molecule has 2 aromatic heterocycles. The number of aromatic amines is 1. The van der Waals surface area contributed by atoms with Crippen molar-refractivity contribution in [3.8, 4) is 11.3 Å². The van der Waals surface area contributed by atoms with Crippen molar-refractivity contribution in [2.24, 2.45) is 0 Å². The van der Waals surface area contributed by atoms with Crippen LogP contribution in [0.1, 0.15) is 17.0 Å². The summed E-state index contributed by atoms with van der Waals surface area (Å²) in [6.45, 7) is 0. The van der Waals surface area contributed by atoms with Gasteiger partial charge in [0.2, 0.25) is 5.91 Å². The van der Waals surface area contributed by atoms with E-state index < -0.39 is 0 Å². The fraction of sp³-hybridized carbons (Fsp3) is 0.0952. The van der Waals surface area contributed by atoms with Gasteiger partial charge in [0.15, 0.2) is 0 Å². The summed E-state index contributed by atoms with van der Waals surface area (Å²) < 4.78 is 0. The standard InChI is InChI=1S/C21H16N4O/c26-20-10-14-12-23-19(9-13-11-22-17-7-3-1-5-15(13)17)25-21(14)16-6-2-4-8-18(16)24-20/h1-8,11-12,22H,9-10H2,(H,24,26). The lowest BCUT2D eigenvalue weighted by Gasteiger charge is -2.09. The lowest BCUT2D eigenvalue weighted by molar-refractivity contribution is -0.115. The minimum atomic E-state index is -0.0378. The lowest BCUT2D eigenvalue weighted by atomic mass is 10.0. The number of carbonyl (C=O) groups excluding carboxylic acids is 1. The number of rotatable bonds is 2. The van der Waals surface area contributed by atoms with Crippen molar-refractivity contribution in [1.29, 1.82) is 0 Å². The average molecular weight is 340 g/mol. The number of benzene rings is 2. The Bertz CT molecular complexity index is 1150. The third kappa shape index (κ3) is 2.45. The van der Waals surface area contributed by atoms with Crippen LogP contribution >= 0.6 is 0 Å². The second kappa shape index (κ2) is 5.81. The summed E-state index contributed by atoms with van der Waals surface area (Å²) in [5, 5.41) is 4.13. The highest BCUT2D eigenvalue weighted by Crippen LogP contribution is 2.32. The molecule has 0 unspecified atom stereocenters. The molecule has 0 aliphatic carbocycles. The Balaban J connectivity index is 1.60. The maximum Gasteiger partial charge on any atom is 0.228 e. The van der Waals surface area contributed by atoms with Crippen molar-refractivity contribution in [2.45, 2.75) is 12.8 Å². The number of fused-ring (bicyclic) bond motifs is 4. The van der Waals surface area contributed by atoms with E-state index in [9.17, 15) is 4.79 Å². The summed E-state index contributed by atoms with van der Waals surface area (Å²) in [6.07, 6.45) is 4.73. The maximum absolute atomic E-state index is 12.1. The largest absolute Gasteiger partial charge is 0.361 e. The SMILES string of the molecule is O=C1Cc2cnc(Cc3c[nH]c4ccccc34)nc2-c2ccccc2N1. The van der Waals surface area contributed by atoms with E-state index in [1.807, 2.05) is 42.6 Å². The molecule has 0 atom stereocenters. The first-order valence-corrected chi connectivity index (χ1v) is 8.57. The number of H-pyrrole nitrogens is 1. The van der Waals surface area contributed by atoms with E-state index in [0.717, 1.165) is 39.4 Å². The molecular formula is C21H16N4O. The third-order valence-electron chi connectivity index (χ3n) is 4.75. The number of hydrogen-bond donors (Lipinski definition) is 2. The van der Waals surface area contributed by atoms with E-state index in [2.05, 4.69) is 27.4 Å². The van der Waals surface area contributed by atoms with Gasteiger partial charge in [0.1, 0.15) is 5.82 Å². The number of aromatic nitrogens is 3. The first kappa shape index (κ1) is 14.8. The molecule has 0 bridgehead atoms. The molecule has 3 heterocycles. The maximum atomic E-state index is 12.1. The number of amides is 1. The topological polar surface area (TPSA) is 70.7 Å². The van der Waals surface area contributed by atoms with Crippen molar-refractivity contribution < 1.29 is 4.79 Å². The van der Waals surface area contributed by atoms with Crippen molar-refractivity contribution in [1.82, 2.24) is 15.0 Å². The van der Waals surface area contributed by atoms with Crippen LogP contribution in [0.2, 0.25) is 0 Å². The minimum Gasteiger partial charge on any atom is -0.361 e. The lowest BCUT2D eigenvalue weighted by Crippen LogP contribution is -2.12. The highest BCUT2D eigenvalue weighted by molar-refractivity contribution is 5.99. The van der Waals surface area contributed by atoms with Gasteiger partial charge in [-0.3, -0.25) is 4.79 Å². The smallest absolute Gasteiger partial charge is 0.228 e. The average Bonchev–Trinajstić information content (AvgIpc) is 3.00. The Morgan fingerprint density at radius 2 is 1.88 bits per heavy atom. The van der Waals surface area contributed by atoms with Gasteiger partial charge in [-0.2, -0.15) is 0 Å². The number of carbonyl (C=O) groups is 1. The molecule has 5 nitrogen and oxygen atoms in total. The van der Waals surface area contributed by atoms with E-state index >= 15 is 0 Å². The molecule has 5 heteroatoms. The molecule has 0 fully saturated rings. The van der Waals surface area contributed by atoms with Crippen LogP contribution in [0.3, 0.4) is 0 Å². The predicted octanol–water partition coefficient (Wildman–Crippen LogP) is 3.71. The van der Waals surface area contributed by atoms with Crippen LogP contribution in [0.25, 0.3) is 22.2 Å². The zero-order valence-electron chi connectivity index (χ0n) is 14.0. The molecule has 4 aromatic rings. The summed E-state index contributed by atoms with van der Waals surface area (Å²) in [7, 11) is 0. The number of anilines is 1. The molecule has 26 heavy (non-hydrogen) atoms. The molecule has 0 saturated carbocycles. The van der Waals surface area contributed by atoms with Crippen LogP contribution in [0.15, 0.2) is 60.9 Å². The normalized spacial score (nSPS) is 13.0. The van der Waals surface area contributed by atoms with Crippen LogP contribution < -0.4 is 5.32 Å². The van der Waals surface area contributed by atoms with Crippen LogP contribution in [0.4, 0.5) is 5.69 Å². The predicted molar refractivity (Wildman–Crippen MR) is 101 cm³/mol. The zero-order chi connectivity index (χ0) is 17.5. The molecular weight excluding hydrogens is 324 g/mol. The Morgan fingerprint density at radius 1 is 1.04 bits per heavy atom. The highest BCUT2D eigenvalue weighted by atomic mass is 16.1. The van der Waals surface area contributed by atoms with Gasteiger partial charge >= 0.3 is 0 Å². The van der Waals surface area contributed by atoms with Gasteiger partial charge in [0.25, 0.3) is 0 Å². The Hall–Kier alpha value is -3.47. The third-order valence-corrected chi connectivity index (χ3v) is 4.75. The van der Waals surface area contributed by atoms with Crippen LogP contribution in [0.5, 0.6) is 0 Å². The van der Waals surface area contributed by atoms with Crippen molar-refractivity contribution in [3.05, 3.63) is 77.9 Å². The first-order chi connectivity index (χ1) is 12.8. The van der Waals surface area contributed by atoms with E-state index in [0.29, 0.717) is 6.42 Å². The molecule has 1 aliphatic rings. The molecule has 2 aromatic carbocycles. The van der Waals surface area contributed by atoms with Crippen LogP contribution in [-0.4, -0.2) is 20.9 Å². The van der Waals surface area contributed by atoms with Gasteiger partial charge < -0.3 is 10.3 Å². The Morgan fingerprint density at radius 3 is 2.85 bits per heavy atom. The van der Waals surface area contributed by atoms with E-state index in [-0.39, 0.29) is 12.3 Å². The van der Waals surface area contributed by atoms with Gasteiger partial charge in [-0.25, -0.2) is 9.97 Å². The van der Waals surface area contributed by atoms with Crippen molar-refractivity contribution >= 4 is 22.5 Å². The number of para-hydroxylation sites is 2. The fourth-order valence-corrected chi connectivity index (χ4v) is 3.51. The Kier molecular flexibility index (Phi) is 3.31. The quantitative estimate of drug-likeness (QED) is 0.584. The molecule has 126 valence electrons. The number of nitrogens with one attached hydrogen (secondary N) is 2. The molecule has 5 rings (SSSR count). The molecule has 0 saturated heterocycles. The zero-order valence-corrected chi connectivity index (χ0v) is 14.0. The summed E-state index contributed by atoms with van der Waals surface area (Å²) in [6, 6.07) is 16.0. The second-order valence-corrected chi connectivity index (χ2v) is 6.47. The van der Waals surface area contributed by atoms with Crippen LogP contribution in [0, 0.1) is 0 Å². The van der Waals surface area contributed by atoms with E-state index in [1.165, 1.54) is 5.39 Å². The highest BCUT2D eigenvalue weighted by Gasteiger charge is 2.20. The van der Waals surface area contributed by atoms with E-state index in [1.54, 1.807) is 6.20 Å². The summed E-state index contributed by atoms with van der Waals surface area (Å²) in [4.78, 5) is 24.7. The van der Waals surface area contributed by atoms with Gasteiger partial charge in [-0.05, 0) is 17.7 Å². The molecule has 0 spiro atoms. The summed E-state index contributed by atoms with van der Waals surface area (Å²) in [5.41, 5.74) is 5.71. The summed E-state index contributed by atoms with van der Waals surface area (Å²) >= 11 is 0. The minimum absolute atomic E-state index is 0.0378. The number of hydrogen-bond acceptors (Lipinski definition) is 3. The van der Waals surface area contributed by atoms with Gasteiger partial charge in [-0.15, -0.1) is 0 Å². The summed E-state index contributed by atoms with van der Waals surface area (Å²) in [5.74, 6) is 0.710. The number of nitrogens with zero attached hydrogens (tertiary/aromatic N) is 2.